The van der Waals surface area contributed by atoms with Crippen LogP contribution in [0.2, 0.25) is 5.15 Å². The SMILES string of the molecule is Cc1nn(C)c(Cl)c1S(=O)(=O)N[C@@H]1CCOC[C@H]1OCC1CCC1. The number of aromatic nitrogens is 2. The van der Waals surface area contributed by atoms with E-state index in [0.717, 1.165) is 0 Å². The molecule has 0 aromatic carbocycles. The molecular weight excluding hydrogens is 354 g/mol. The molecule has 2 fully saturated rings. The van der Waals surface area contributed by atoms with E-state index in [0.29, 0.717) is 37.9 Å². The van der Waals surface area contributed by atoms with Crippen LogP contribution in [0.15, 0.2) is 4.90 Å². The van der Waals surface area contributed by atoms with Crippen molar-refractivity contribution in [3.05, 3.63) is 10.8 Å². The van der Waals surface area contributed by atoms with Crippen molar-refractivity contribution in [2.45, 2.75) is 49.6 Å². The molecule has 2 heterocycles. The third-order valence-corrected chi connectivity index (χ3v) is 6.94. The maximum atomic E-state index is 12.8. The summed E-state index contributed by atoms with van der Waals surface area (Å²) in [6, 6.07) is -0.320. The van der Waals surface area contributed by atoms with Gasteiger partial charge in [-0.2, -0.15) is 5.10 Å². The largest absolute Gasteiger partial charge is 0.379 e. The van der Waals surface area contributed by atoms with Crippen LogP contribution in [-0.2, 0) is 26.5 Å². The molecule has 0 bridgehead atoms. The van der Waals surface area contributed by atoms with Crippen LogP contribution in [-0.4, -0.2) is 50.2 Å². The molecule has 0 amide bonds. The van der Waals surface area contributed by atoms with Gasteiger partial charge < -0.3 is 9.47 Å². The molecule has 1 saturated carbocycles. The van der Waals surface area contributed by atoms with Crippen molar-refractivity contribution >= 4 is 21.6 Å². The summed E-state index contributed by atoms with van der Waals surface area (Å²) in [5, 5.41) is 4.19. The van der Waals surface area contributed by atoms with Crippen LogP contribution < -0.4 is 4.72 Å². The Morgan fingerprint density at radius 3 is 2.75 bits per heavy atom. The lowest BCUT2D eigenvalue weighted by Gasteiger charge is -2.34. The molecule has 0 spiro atoms. The molecule has 1 aliphatic carbocycles. The van der Waals surface area contributed by atoms with Gasteiger partial charge in [0.2, 0.25) is 10.0 Å². The number of ether oxygens (including phenoxy) is 2. The molecular formula is C15H24ClN3O4S. The van der Waals surface area contributed by atoms with Crippen LogP contribution >= 0.6 is 11.6 Å². The fraction of sp³-hybridized carbons (Fsp3) is 0.800. The predicted molar refractivity (Wildman–Crippen MR) is 89.6 cm³/mol. The lowest BCUT2D eigenvalue weighted by molar-refractivity contribution is -0.0797. The van der Waals surface area contributed by atoms with Crippen LogP contribution in [0.25, 0.3) is 0 Å². The van der Waals surface area contributed by atoms with Gasteiger partial charge in [0.15, 0.2) is 0 Å². The Bertz CT molecular complexity index is 687. The second-order valence-corrected chi connectivity index (χ2v) is 8.60. The number of hydrogen-bond donors (Lipinski definition) is 1. The summed E-state index contributed by atoms with van der Waals surface area (Å²) in [7, 11) is -2.15. The number of nitrogens with one attached hydrogen (secondary N) is 1. The fourth-order valence-electron chi connectivity index (χ4n) is 3.10. The third kappa shape index (κ3) is 3.77. The Morgan fingerprint density at radius 2 is 2.17 bits per heavy atom. The summed E-state index contributed by atoms with van der Waals surface area (Å²) < 4.78 is 41.0. The lowest BCUT2D eigenvalue weighted by atomic mass is 9.86. The van der Waals surface area contributed by atoms with E-state index in [4.69, 9.17) is 21.1 Å². The Hall–Kier alpha value is -0.670. The first-order chi connectivity index (χ1) is 11.4. The molecule has 1 saturated heterocycles. The highest BCUT2D eigenvalue weighted by atomic mass is 35.5. The molecule has 0 radical (unpaired) electrons. The first-order valence-corrected chi connectivity index (χ1v) is 10.2. The van der Waals surface area contributed by atoms with Crippen molar-refractivity contribution in [3.8, 4) is 0 Å². The maximum absolute atomic E-state index is 12.8. The van der Waals surface area contributed by atoms with E-state index in [9.17, 15) is 8.42 Å². The van der Waals surface area contributed by atoms with Gasteiger partial charge in [-0.1, -0.05) is 18.0 Å². The van der Waals surface area contributed by atoms with E-state index < -0.39 is 10.0 Å². The molecule has 7 nitrogen and oxygen atoms in total. The molecule has 136 valence electrons. The molecule has 1 N–H and O–H groups in total. The Balaban J connectivity index is 1.71. The third-order valence-electron chi connectivity index (χ3n) is 4.75. The minimum absolute atomic E-state index is 0.0379. The van der Waals surface area contributed by atoms with Gasteiger partial charge in [-0.15, -0.1) is 0 Å². The maximum Gasteiger partial charge on any atom is 0.245 e. The Labute approximate surface area is 147 Å². The molecule has 1 aliphatic heterocycles. The van der Waals surface area contributed by atoms with Gasteiger partial charge in [-0.25, -0.2) is 13.1 Å². The molecule has 1 aromatic rings. The van der Waals surface area contributed by atoms with E-state index in [2.05, 4.69) is 9.82 Å². The molecule has 24 heavy (non-hydrogen) atoms. The minimum atomic E-state index is -3.76. The molecule has 2 aliphatic rings. The van der Waals surface area contributed by atoms with Gasteiger partial charge >= 0.3 is 0 Å². The predicted octanol–water partition coefficient (Wildman–Crippen LogP) is 1.63. The fourth-order valence-corrected chi connectivity index (χ4v) is 5.15. The number of aryl methyl sites for hydroxylation is 2. The van der Waals surface area contributed by atoms with Gasteiger partial charge in [0.1, 0.15) is 10.0 Å². The smallest absolute Gasteiger partial charge is 0.245 e. The second kappa shape index (κ2) is 7.29. The lowest BCUT2D eigenvalue weighted by Crippen LogP contribution is -2.50. The topological polar surface area (TPSA) is 82.5 Å². The Kier molecular flexibility index (Phi) is 5.51. The van der Waals surface area contributed by atoms with Crippen LogP contribution in [0.4, 0.5) is 0 Å². The van der Waals surface area contributed by atoms with Crippen molar-refractivity contribution in [3.63, 3.8) is 0 Å². The summed E-state index contributed by atoms with van der Waals surface area (Å²) >= 11 is 6.11. The molecule has 1 aromatic heterocycles. The number of hydrogen-bond acceptors (Lipinski definition) is 5. The van der Waals surface area contributed by atoms with Gasteiger partial charge in [0.05, 0.1) is 24.4 Å². The van der Waals surface area contributed by atoms with Gasteiger partial charge in [-0.3, -0.25) is 4.68 Å². The van der Waals surface area contributed by atoms with Crippen LogP contribution in [0.3, 0.4) is 0 Å². The molecule has 3 rings (SSSR count). The Morgan fingerprint density at radius 1 is 1.42 bits per heavy atom. The van der Waals surface area contributed by atoms with E-state index in [1.165, 1.54) is 23.9 Å². The number of rotatable bonds is 6. The summed E-state index contributed by atoms with van der Waals surface area (Å²) in [4.78, 5) is 0.0379. The van der Waals surface area contributed by atoms with Gasteiger partial charge in [-0.05, 0) is 32.1 Å². The summed E-state index contributed by atoms with van der Waals surface area (Å²) in [5.41, 5.74) is 0.383. The van der Waals surface area contributed by atoms with Crippen LogP contribution in [0.5, 0.6) is 0 Å². The van der Waals surface area contributed by atoms with Crippen molar-refractivity contribution in [2.75, 3.05) is 19.8 Å². The average Bonchev–Trinajstić information content (AvgIpc) is 2.72. The first-order valence-electron chi connectivity index (χ1n) is 8.29. The summed E-state index contributed by atoms with van der Waals surface area (Å²) in [6.45, 7) is 3.21. The van der Waals surface area contributed by atoms with Gasteiger partial charge in [0, 0.05) is 20.3 Å². The molecule has 0 unspecified atom stereocenters. The van der Waals surface area contributed by atoms with Crippen molar-refractivity contribution in [2.24, 2.45) is 13.0 Å². The van der Waals surface area contributed by atoms with E-state index in [1.54, 1.807) is 14.0 Å². The van der Waals surface area contributed by atoms with E-state index >= 15 is 0 Å². The highest BCUT2D eigenvalue weighted by molar-refractivity contribution is 7.89. The zero-order valence-corrected chi connectivity index (χ0v) is 15.6. The quantitative estimate of drug-likeness (QED) is 0.814. The minimum Gasteiger partial charge on any atom is -0.379 e. The summed E-state index contributed by atoms with van der Waals surface area (Å²) in [6.07, 6.45) is 3.93. The van der Waals surface area contributed by atoms with Crippen LogP contribution in [0.1, 0.15) is 31.4 Å². The number of nitrogens with zero attached hydrogens (tertiary/aromatic N) is 2. The van der Waals surface area contributed by atoms with Crippen molar-refractivity contribution in [1.29, 1.82) is 0 Å². The van der Waals surface area contributed by atoms with E-state index in [1.807, 2.05) is 0 Å². The first kappa shape index (κ1) is 18.1. The zero-order valence-electron chi connectivity index (χ0n) is 14.0. The molecule has 2 atom stereocenters. The average molecular weight is 378 g/mol. The van der Waals surface area contributed by atoms with E-state index in [-0.39, 0.29) is 22.2 Å². The normalized spacial score (nSPS) is 25.6. The number of sulfonamides is 1. The van der Waals surface area contributed by atoms with Crippen molar-refractivity contribution < 1.29 is 17.9 Å². The highest BCUT2D eigenvalue weighted by Gasteiger charge is 2.34. The zero-order chi connectivity index (χ0) is 17.3. The summed E-state index contributed by atoms with van der Waals surface area (Å²) in [5.74, 6) is 0.596. The standard InChI is InChI=1S/C15H24ClN3O4S/c1-10-14(15(16)19(2)17-10)24(20,21)18-12-6-7-22-9-13(12)23-8-11-4-3-5-11/h11-13,18H,3-9H2,1-2H3/t12-,13-/m1/s1. The monoisotopic (exact) mass is 377 g/mol. The van der Waals surface area contributed by atoms with Crippen LogP contribution in [0, 0.1) is 12.8 Å². The number of halogens is 1. The molecule has 9 heteroatoms. The van der Waals surface area contributed by atoms with Crippen molar-refractivity contribution in [1.82, 2.24) is 14.5 Å². The second-order valence-electron chi connectivity index (χ2n) is 6.59. The van der Waals surface area contributed by atoms with Gasteiger partial charge in [0.25, 0.3) is 0 Å². The highest BCUT2D eigenvalue weighted by Crippen LogP contribution is 2.28.